The molecule has 1 aliphatic rings. The average molecular weight is 354 g/mol. The van der Waals surface area contributed by atoms with E-state index in [0.29, 0.717) is 5.56 Å². The van der Waals surface area contributed by atoms with Crippen LogP contribution in [0.15, 0.2) is 6.07 Å². The van der Waals surface area contributed by atoms with E-state index in [0.717, 1.165) is 25.7 Å². The van der Waals surface area contributed by atoms with Gasteiger partial charge in [-0.05, 0) is 24.3 Å². The number of hydrogen-bond acceptors (Lipinski definition) is 1. The first-order valence-electron chi connectivity index (χ1n) is 6.63. The zero-order valence-electron chi connectivity index (χ0n) is 11.4. The van der Waals surface area contributed by atoms with Crippen LogP contribution in [0.1, 0.15) is 49.9 Å². The molecule has 0 N–H and O–H groups in total. The molecule has 0 saturated heterocycles. The SMILES string of the molecule is CC1(C)CCCCC1C(=O)c1c(Cl)cc(Cl)c(Cl)c1Cl. The third-order valence-electron chi connectivity index (χ3n) is 4.18. The van der Waals surface area contributed by atoms with Crippen molar-refractivity contribution in [2.75, 3.05) is 0 Å². The van der Waals surface area contributed by atoms with E-state index >= 15 is 0 Å². The summed E-state index contributed by atoms with van der Waals surface area (Å²) >= 11 is 24.3. The normalized spacial score (nSPS) is 21.8. The van der Waals surface area contributed by atoms with Gasteiger partial charge in [-0.15, -0.1) is 0 Å². The maximum Gasteiger partial charge on any atom is 0.169 e. The maximum atomic E-state index is 12.8. The minimum atomic E-state index is -0.0801. The van der Waals surface area contributed by atoms with Gasteiger partial charge in [0.15, 0.2) is 5.78 Å². The molecule has 1 aliphatic carbocycles. The summed E-state index contributed by atoms with van der Waals surface area (Å²) in [7, 11) is 0. The van der Waals surface area contributed by atoms with Gasteiger partial charge < -0.3 is 0 Å². The first-order valence-corrected chi connectivity index (χ1v) is 8.14. The lowest BCUT2D eigenvalue weighted by molar-refractivity contribution is 0.0697. The van der Waals surface area contributed by atoms with Gasteiger partial charge in [0.05, 0.1) is 25.7 Å². The molecule has 110 valence electrons. The van der Waals surface area contributed by atoms with E-state index in [2.05, 4.69) is 13.8 Å². The molecule has 0 aromatic heterocycles. The number of carbonyl (C=O) groups is 1. The fourth-order valence-corrected chi connectivity index (χ4v) is 4.05. The van der Waals surface area contributed by atoms with Crippen LogP contribution in [0.5, 0.6) is 0 Å². The van der Waals surface area contributed by atoms with Crippen molar-refractivity contribution < 1.29 is 4.79 Å². The van der Waals surface area contributed by atoms with Gasteiger partial charge in [-0.25, -0.2) is 0 Å². The van der Waals surface area contributed by atoms with Crippen molar-refractivity contribution in [2.24, 2.45) is 11.3 Å². The molecule has 0 amide bonds. The van der Waals surface area contributed by atoms with Crippen LogP contribution >= 0.6 is 46.4 Å². The quantitative estimate of drug-likeness (QED) is 0.328. The molecular formula is C15H16Cl4O. The summed E-state index contributed by atoms with van der Waals surface area (Å²) in [5.74, 6) is -0.105. The van der Waals surface area contributed by atoms with Crippen LogP contribution in [-0.2, 0) is 0 Å². The second-order valence-corrected chi connectivity index (χ2v) is 7.56. The second kappa shape index (κ2) is 6.04. The monoisotopic (exact) mass is 352 g/mol. The fraction of sp³-hybridized carbons (Fsp3) is 0.533. The van der Waals surface area contributed by atoms with Gasteiger partial charge in [-0.1, -0.05) is 73.1 Å². The van der Waals surface area contributed by atoms with E-state index < -0.39 is 0 Å². The predicted molar refractivity (Wildman–Crippen MR) is 86.6 cm³/mol. The molecule has 0 bridgehead atoms. The molecule has 0 aliphatic heterocycles. The maximum absolute atomic E-state index is 12.8. The smallest absolute Gasteiger partial charge is 0.169 e. The Morgan fingerprint density at radius 2 is 1.75 bits per heavy atom. The number of benzene rings is 1. The van der Waals surface area contributed by atoms with Crippen LogP contribution in [0, 0.1) is 11.3 Å². The number of Topliss-reactive ketones (excluding diaryl/α,β-unsaturated/α-hetero) is 1. The number of rotatable bonds is 2. The third-order valence-corrected chi connectivity index (χ3v) is 5.74. The summed E-state index contributed by atoms with van der Waals surface area (Å²) in [5.41, 5.74) is 0.261. The number of carbonyl (C=O) groups excluding carboxylic acids is 1. The Bertz CT molecular complexity index is 551. The molecule has 1 saturated carbocycles. The Balaban J connectivity index is 2.46. The molecule has 1 nitrogen and oxygen atoms in total. The zero-order valence-corrected chi connectivity index (χ0v) is 14.4. The van der Waals surface area contributed by atoms with E-state index in [1.165, 1.54) is 6.07 Å². The van der Waals surface area contributed by atoms with Gasteiger partial charge in [-0.2, -0.15) is 0 Å². The van der Waals surface area contributed by atoms with Crippen molar-refractivity contribution in [3.63, 3.8) is 0 Å². The average Bonchev–Trinajstić information content (AvgIpc) is 2.35. The zero-order chi connectivity index (χ0) is 15.1. The molecular weight excluding hydrogens is 338 g/mol. The molecule has 1 aromatic carbocycles. The van der Waals surface area contributed by atoms with E-state index in [4.69, 9.17) is 46.4 Å². The molecule has 0 radical (unpaired) electrons. The van der Waals surface area contributed by atoms with Crippen LogP contribution in [0.4, 0.5) is 0 Å². The molecule has 1 unspecified atom stereocenters. The van der Waals surface area contributed by atoms with Crippen LogP contribution in [0.3, 0.4) is 0 Å². The van der Waals surface area contributed by atoms with E-state index in [1.54, 1.807) is 0 Å². The first-order chi connectivity index (χ1) is 9.25. The number of halogens is 4. The Labute approximate surface area is 139 Å². The second-order valence-electron chi connectivity index (χ2n) is 5.99. The summed E-state index contributed by atoms with van der Waals surface area (Å²) in [6.45, 7) is 4.24. The molecule has 20 heavy (non-hydrogen) atoms. The number of hydrogen-bond donors (Lipinski definition) is 0. The van der Waals surface area contributed by atoms with Crippen LogP contribution < -0.4 is 0 Å². The molecule has 1 aromatic rings. The molecule has 0 heterocycles. The Morgan fingerprint density at radius 3 is 2.35 bits per heavy atom. The highest BCUT2D eigenvalue weighted by Crippen LogP contribution is 2.45. The van der Waals surface area contributed by atoms with Crippen LogP contribution in [-0.4, -0.2) is 5.78 Å². The lowest BCUT2D eigenvalue weighted by atomic mass is 9.66. The van der Waals surface area contributed by atoms with Gasteiger partial charge in [0, 0.05) is 5.92 Å². The lowest BCUT2D eigenvalue weighted by Gasteiger charge is -2.37. The fourth-order valence-electron chi connectivity index (χ4n) is 2.95. The molecule has 2 rings (SSSR count). The van der Waals surface area contributed by atoms with E-state index in [1.807, 2.05) is 0 Å². The van der Waals surface area contributed by atoms with Gasteiger partial charge in [-0.3, -0.25) is 4.79 Å². The first kappa shape index (κ1) is 16.4. The predicted octanol–water partition coefficient (Wildman–Crippen LogP) is 6.70. The van der Waals surface area contributed by atoms with Crippen molar-refractivity contribution in [1.82, 2.24) is 0 Å². The lowest BCUT2D eigenvalue weighted by Crippen LogP contribution is -2.34. The Kier molecular flexibility index (Phi) is 4.96. The summed E-state index contributed by atoms with van der Waals surface area (Å²) in [5, 5.41) is 0.891. The number of ketones is 1. The van der Waals surface area contributed by atoms with E-state index in [-0.39, 0.29) is 37.2 Å². The van der Waals surface area contributed by atoms with Gasteiger partial charge in [0.1, 0.15) is 0 Å². The van der Waals surface area contributed by atoms with E-state index in [9.17, 15) is 4.79 Å². The molecule has 5 heteroatoms. The van der Waals surface area contributed by atoms with Crippen molar-refractivity contribution in [3.8, 4) is 0 Å². The molecule has 1 fully saturated rings. The topological polar surface area (TPSA) is 17.1 Å². The van der Waals surface area contributed by atoms with Gasteiger partial charge in [0.2, 0.25) is 0 Å². The third kappa shape index (κ3) is 2.97. The minimum Gasteiger partial charge on any atom is -0.294 e. The van der Waals surface area contributed by atoms with Crippen molar-refractivity contribution in [1.29, 1.82) is 0 Å². The van der Waals surface area contributed by atoms with Crippen LogP contribution in [0.2, 0.25) is 20.1 Å². The van der Waals surface area contributed by atoms with Crippen molar-refractivity contribution in [3.05, 3.63) is 31.7 Å². The highest BCUT2D eigenvalue weighted by molar-refractivity contribution is 6.51. The summed E-state index contributed by atoms with van der Waals surface area (Å²) in [4.78, 5) is 12.8. The summed E-state index contributed by atoms with van der Waals surface area (Å²) in [6.07, 6.45) is 4.09. The Hall–Kier alpha value is 0.0500. The Morgan fingerprint density at radius 1 is 1.10 bits per heavy atom. The standard InChI is InChI=1S/C15H16Cl4O/c1-15(2)6-4-3-5-8(15)14(20)11-9(16)7-10(17)12(18)13(11)19/h7-8H,3-6H2,1-2H3. The highest BCUT2D eigenvalue weighted by Gasteiger charge is 2.39. The summed E-state index contributed by atoms with van der Waals surface area (Å²) in [6, 6.07) is 1.49. The molecule has 0 spiro atoms. The van der Waals surface area contributed by atoms with Crippen molar-refractivity contribution >= 4 is 52.2 Å². The van der Waals surface area contributed by atoms with Crippen molar-refractivity contribution in [2.45, 2.75) is 39.5 Å². The van der Waals surface area contributed by atoms with Crippen LogP contribution in [0.25, 0.3) is 0 Å². The van der Waals surface area contributed by atoms with Gasteiger partial charge in [0.25, 0.3) is 0 Å². The largest absolute Gasteiger partial charge is 0.294 e. The van der Waals surface area contributed by atoms with Gasteiger partial charge >= 0.3 is 0 Å². The highest BCUT2D eigenvalue weighted by atomic mass is 35.5. The molecule has 1 atom stereocenters. The summed E-state index contributed by atoms with van der Waals surface area (Å²) < 4.78 is 0. The minimum absolute atomic E-state index is 0.0248.